The van der Waals surface area contributed by atoms with E-state index in [0.717, 1.165) is 10.7 Å². The Bertz CT molecular complexity index is 1060. The van der Waals surface area contributed by atoms with E-state index in [4.69, 9.17) is 8.94 Å². The van der Waals surface area contributed by atoms with Gasteiger partial charge in [-0.1, -0.05) is 61.1 Å². The average Bonchev–Trinajstić information content (AvgIpc) is 3.41. The van der Waals surface area contributed by atoms with Gasteiger partial charge in [0.25, 0.3) is 0 Å². The van der Waals surface area contributed by atoms with Crippen LogP contribution in [0, 0.1) is 0 Å². The Kier molecular flexibility index (Phi) is 5.63. The van der Waals surface area contributed by atoms with Crippen LogP contribution in [0.25, 0.3) is 11.6 Å². The maximum atomic E-state index is 5.70. The average molecular weight is 460 g/mol. The molecule has 0 amide bonds. The minimum Gasteiger partial charge on any atom is -0.446 e. The van der Waals surface area contributed by atoms with Crippen molar-refractivity contribution >= 4 is 27.7 Å². The van der Waals surface area contributed by atoms with Crippen LogP contribution < -0.4 is 0 Å². The van der Waals surface area contributed by atoms with Crippen molar-refractivity contribution in [3.8, 4) is 11.6 Å². The van der Waals surface area contributed by atoms with Gasteiger partial charge in [-0.25, -0.2) is 0 Å². The molecule has 0 unspecified atom stereocenters. The molecule has 9 heteroatoms. The maximum Gasteiger partial charge on any atom is 0.229 e. The normalized spacial score (nSPS) is 11.4. The van der Waals surface area contributed by atoms with Crippen molar-refractivity contribution in [1.82, 2.24) is 24.9 Å². The van der Waals surface area contributed by atoms with Crippen LogP contribution in [0.3, 0.4) is 0 Å². The lowest BCUT2D eigenvalue weighted by molar-refractivity contribution is 0.362. The first-order valence-electron chi connectivity index (χ1n) is 8.78. The van der Waals surface area contributed by atoms with E-state index < -0.39 is 0 Å². The van der Waals surface area contributed by atoms with Gasteiger partial charge in [0.2, 0.25) is 11.7 Å². The Morgan fingerprint density at radius 2 is 1.93 bits per heavy atom. The number of halogens is 1. The molecule has 3 heterocycles. The van der Waals surface area contributed by atoms with Crippen LogP contribution in [0.2, 0.25) is 0 Å². The maximum absolute atomic E-state index is 5.70. The molecule has 3 aromatic heterocycles. The third kappa shape index (κ3) is 4.20. The topological polar surface area (TPSA) is 82.8 Å². The fourth-order valence-corrected chi connectivity index (χ4v) is 3.70. The van der Waals surface area contributed by atoms with Crippen molar-refractivity contribution in [2.24, 2.45) is 0 Å². The van der Waals surface area contributed by atoms with Crippen LogP contribution in [0.5, 0.6) is 0 Å². The predicted molar refractivity (Wildman–Crippen MR) is 109 cm³/mol. The summed E-state index contributed by atoms with van der Waals surface area (Å²) in [7, 11) is 0. The molecule has 0 bridgehead atoms. The van der Waals surface area contributed by atoms with Crippen LogP contribution in [0.15, 0.2) is 61.2 Å². The number of hydrogen-bond donors (Lipinski definition) is 0. The standard InChI is InChI=1S/C19H18BrN5O2S/c1-12(2)18-21-16(24-27-18)11-28-19-23-22-17(14-8-9-15(20)26-14)25(19)10-13-6-4-3-5-7-13/h3-9,12H,10-11H2,1-2H3. The first-order chi connectivity index (χ1) is 13.6. The number of rotatable bonds is 7. The summed E-state index contributed by atoms with van der Waals surface area (Å²) < 4.78 is 13.7. The van der Waals surface area contributed by atoms with E-state index in [9.17, 15) is 0 Å². The summed E-state index contributed by atoms with van der Waals surface area (Å²) in [5.41, 5.74) is 1.15. The van der Waals surface area contributed by atoms with Crippen LogP contribution in [0.4, 0.5) is 0 Å². The van der Waals surface area contributed by atoms with Gasteiger partial charge in [-0.2, -0.15) is 4.98 Å². The van der Waals surface area contributed by atoms with Gasteiger partial charge in [-0.05, 0) is 33.6 Å². The Morgan fingerprint density at radius 3 is 2.61 bits per heavy atom. The Balaban J connectivity index is 1.61. The van der Waals surface area contributed by atoms with Crippen molar-refractivity contribution in [3.63, 3.8) is 0 Å². The molecule has 0 spiro atoms. The van der Waals surface area contributed by atoms with Gasteiger partial charge in [0.05, 0.1) is 12.3 Å². The summed E-state index contributed by atoms with van der Waals surface area (Å²) in [6.45, 7) is 4.68. The Labute approximate surface area is 174 Å². The summed E-state index contributed by atoms with van der Waals surface area (Å²) in [6.07, 6.45) is 0. The summed E-state index contributed by atoms with van der Waals surface area (Å²) in [4.78, 5) is 4.43. The zero-order valence-electron chi connectivity index (χ0n) is 15.4. The molecule has 0 fully saturated rings. The van der Waals surface area contributed by atoms with Crippen molar-refractivity contribution in [3.05, 3.63) is 64.4 Å². The van der Waals surface area contributed by atoms with Gasteiger partial charge in [-0.15, -0.1) is 10.2 Å². The van der Waals surface area contributed by atoms with Gasteiger partial charge in [0.1, 0.15) is 0 Å². The zero-order chi connectivity index (χ0) is 19.5. The largest absolute Gasteiger partial charge is 0.446 e. The number of aromatic nitrogens is 5. The fourth-order valence-electron chi connectivity index (χ4n) is 2.61. The molecule has 0 N–H and O–H groups in total. The smallest absolute Gasteiger partial charge is 0.229 e. The molecule has 0 saturated carbocycles. The highest BCUT2D eigenvalue weighted by Gasteiger charge is 2.19. The SMILES string of the molecule is CC(C)c1nc(CSc2nnc(-c3ccc(Br)o3)n2Cc2ccccc2)no1. The van der Waals surface area contributed by atoms with Crippen LogP contribution >= 0.6 is 27.7 Å². The second-order valence-electron chi connectivity index (χ2n) is 6.47. The van der Waals surface area contributed by atoms with Gasteiger partial charge in [-0.3, -0.25) is 4.57 Å². The molecule has 0 aliphatic rings. The summed E-state index contributed by atoms with van der Waals surface area (Å²) >= 11 is 4.86. The fraction of sp³-hybridized carbons (Fsp3) is 0.263. The lowest BCUT2D eigenvalue weighted by Crippen LogP contribution is -2.04. The number of thioether (sulfide) groups is 1. The summed E-state index contributed by atoms with van der Waals surface area (Å²) in [5.74, 6) is 3.37. The van der Waals surface area contributed by atoms with Gasteiger partial charge >= 0.3 is 0 Å². The van der Waals surface area contributed by atoms with E-state index in [0.29, 0.717) is 40.3 Å². The van der Waals surface area contributed by atoms with Gasteiger partial charge < -0.3 is 8.94 Å². The van der Waals surface area contributed by atoms with E-state index >= 15 is 0 Å². The minimum absolute atomic E-state index is 0.206. The van der Waals surface area contributed by atoms with Crippen LogP contribution in [-0.4, -0.2) is 24.9 Å². The molecule has 4 aromatic rings. The van der Waals surface area contributed by atoms with Crippen molar-refractivity contribution in [2.45, 2.75) is 37.2 Å². The van der Waals surface area contributed by atoms with E-state index in [1.54, 1.807) is 0 Å². The molecule has 1 aromatic carbocycles. The second kappa shape index (κ2) is 8.32. The molecule has 4 rings (SSSR count). The Morgan fingerprint density at radius 1 is 1.11 bits per heavy atom. The summed E-state index contributed by atoms with van der Waals surface area (Å²) in [5, 5.41) is 13.5. The van der Waals surface area contributed by atoms with E-state index in [-0.39, 0.29) is 5.92 Å². The van der Waals surface area contributed by atoms with Crippen LogP contribution in [0.1, 0.15) is 37.0 Å². The number of nitrogens with zero attached hydrogens (tertiary/aromatic N) is 5. The highest BCUT2D eigenvalue weighted by atomic mass is 79.9. The quantitative estimate of drug-likeness (QED) is 0.353. The van der Waals surface area contributed by atoms with E-state index in [1.807, 2.05) is 48.7 Å². The molecule has 0 aliphatic heterocycles. The highest BCUT2D eigenvalue weighted by molar-refractivity contribution is 9.10. The third-order valence-corrected chi connectivity index (χ3v) is 5.39. The molecule has 0 aliphatic carbocycles. The lowest BCUT2D eigenvalue weighted by atomic mass is 10.2. The number of furan rings is 1. The number of benzene rings is 1. The molecular formula is C19H18BrN5O2S. The first-order valence-corrected chi connectivity index (χ1v) is 10.6. The van der Waals surface area contributed by atoms with Crippen molar-refractivity contribution in [2.75, 3.05) is 0 Å². The van der Waals surface area contributed by atoms with Gasteiger partial charge in [0.15, 0.2) is 21.4 Å². The molecule has 0 radical (unpaired) electrons. The third-order valence-electron chi connectivity index (χ3n) is 4.00. The highest BCUT2D eigenvalue weighted by Crippen LogP contribution is 2.29. The van der Waals surface area contributed by atoms with Crippen molar-refractivity contribution in [1.29, 1.82) is 0 Å². The molecule has 28 heavy (non-hydrogen) atoms. The Hall–Kier alpha value is -2.39. The van der Waals surface area contributed by atoms with Crippen LogP contribution in [-0.2, 0) is 12.3 Å². The minimum atomic E-state index is 0.206. The molecular weight excluding hydrogens is 442 g/mol. The first kappa shape index (κ1) is 18.9. The monoisotopic (exact) mass is 459 g/mol. The zero-order valence-corrected chi connectivity index (χ0v) is 17.8. The lowest BCUT2D eigenvalue weighted by Gasteiger charge is -2.08. The predicted octanol–water partition coefficient (Wildman–Crippen LogP) is 5.15. The van der Waals surface area contributed by atoms with E-state index in [1.165, 1.54) is 11.8 Å². The van der Waals surface area contributed by atoms with Gasteiger partial charge in [0, 0.05) is 5.92 Å². The second-order valence-corrected chi connectivity index (χ2v) is 8.20. The molecule has 0 atom stereocenters. The molecule has 7 nitrogen and oxygen atoms in total. The molecule has 144 valence electrons. The number of hydrogen-bond acceptors (Lipinski definition) is 7. The van der Waals surface area contributed by atoms with Crippen molar-refractivity contribution < 1.29 is 8.94 Å². The van der Waals surface area contributed by atoms with E-state index in [2.05, 4.69) is 48.4 Å². The molecule has 0 saturated heterocycles. The summed E-state index contributed by atoms with van der Waals surface area (Å²) in [6, 6.07) is 13.9.